The number of imidazole rings is 1. The second-order valence-electron chi connectivity index (χ2n) is 6.42. The molecule has 1 aliphatic carbocycles. The van der Waals surface area contributed by atoms with Crippen molar-refractivity contribution in [3.8, 4) is 0 Å². The quantitative estimate of drug-likeness (QED) is 0.527. The molecule has 3 heterocycles. The van der Waals surface area contributed by atoms with Crippen LogP contribution in [0.15, 0.2) is 17.4 Å². The summed E-state index contributed by atoms with van der Waals surface area (Å²) in [6, 6.07) is 0. The molecule has 10 heteroatoms. The summed E-state index contributed by atoms with van der Waals surface area (Å²) < 4.78 is 6.66. The Labute approximate surface area is 128 Å². The number of fused-ring (bicyclic) bond motifs is 2. The van der Waals surface area contributed by atoms with Crippen LogP contribution in [0.2, 0.25) is 0 Å². The van der Waals surface area contributed by atoms with Gasteiger partial charge in [-0.3, -0.25) is 9.36 Å². The van der Waals surface area contributed by atoms with Crippen LogP contribution in [0.5, 0.6) is 0 Å². The predicted molar refractivity (Wildman–Crippen MR) is 73.4 cm³/mol. The van der Waals surface area contributed by atoms with Crippen molar-refractivity contribution in [2.24, 2.45) is 5.41 Å². The Morgan fingerprint density at radius 3 is 2.65 bits per heavy atom. The molecule has 0 bridgehead atoms. The highest BCUT2D eigenvalue weighted by atomic mass is 16.6. The second kappa shape index (κ2) is 3.78. The first-order valence-corrected chi connectivity index (χ1v) is 6.91. The van der Waals surface area contributed by atoms with Crippen molar-refractivity contribution in [2.45, 2.75) is 37.4 Å². The zero-order valence-corrected chi connectivity index (χ0v) is 12.2. The van der Waals surface area contributed by atoms with E-state index in [1.54, 1.807) is 13.8 Å². The second-order valence-corrected chi connectivity index (χ2v) is 6.42. The lowest BCUT2D eigenvalue weighted by molar-refractivity contribution is -0.167. The molecule has 0 unspecified atom stereocenters. The molecule has 4 rings (SSSR count). The van der Waals surface area contributed by atoms with Gasteiger partial charge in [0.25, 0.3) is 5.56 Å². The summed E-state index contributed by atoms with van der Waals surface area (Å²) in [6.07, 6.45) is -0.440. The van der Waals surface area contributed by atoms with Crippen LogP contribution in [0, 0.1) is 5.41 Å². The summed E-state index contributed by atoms with van der Waals surface area (Å²) >= 11 is 0. The molecule has 2 fully saturated rings. The monoisotopic (exact) mass is 322 g/mol. The van der Waals surface area contributed by atoms with Gasteiger partial charge in [-0.25, -0.2) is 14.8 Å². The Kier molecular flexibility index (Phi) is 2.35. The highest BCUT2D eigenvalue weighted by Crippen LogP contribution is 2.75. The van der Waals surface area contributed by atoms with Gasteiger partial charge < -0.3 is 25.0 Å². The number of nitrogens with one attached hydrogen (secondary N) is 1. The number of nitrogens with zero attached hydrogens (tertiary/aromatic N) is 3. The number of carbonyl (C=O) groups is 1. The Balaban J connectivity index is 1.91. The molecule has 10 nitrogen and oxygen atoms in total. The summed E-state index contributed by atoms with van der Waals surface area (Å²) in [5.74, 6) is -1.38. The normalized spacial score (nSPS) is 37.7. The van der Waals surface area contributed by atoms with Crippen LogP contribution in [0.25, 0.3) is 11.2 Å². The highest BCUT2D eigenvalue weighted by Gasteiger charge is 2.94. The molecule has 0 amide bonds. The summed E-state index contributed by atoms with van der Waals surface area (Å²) in [5, 5.41) is 30.9. The molecule has 1 saturated carbocycles. The molecule has 1 saturated heterocycles. The van der Waals surface area contributed by atoms with Crippen molar-refractivity contribution < 1.29 is 24.9 Å². The molecule has 0 spiro atoms. The minimum atomic E-state index is -1.95. The van der Waals surface area contributed by atoms with Gasteiger partial charge in [-0.05, 0) is 0 Å². The molecule has 0 aromatic carbocycles. The minimum Gasteiger partial charge on any atom is -0.479 e. The number of aliphatic carboxylic acids is 1. The van der Waals surface area contributed by atoms with Crippen LogP contribution < -0.4 is 5.56 Å². The van der Waals surface area contributed by atoms with E-state index in [0.29, 0.717) is 0 Å². The van der Waals surface area contributed by atoms with Crippen LogP contribution in [-0.2, 0) is 9.53 Å². The van der Waals surface area contributed by atoms with Gasteiger partial charge in [0.05, 0.1) is 12.7 Å². The number of aromatic amines is 1. The fourth-order valence-electron chi connectivity index (χ4n) is 3.79. The minimum absolute atomic E-state index is 0.0282. The fraction of sp³-hybridized carbons (Fsp3) is 0.538. The van der Waals surface area contributed by atoms with Crippen molar-refractivity contribution in [2.75, 3.05) is 0 Å². The molecular weight excluding hydrogens is 308 g/mol. The van der Waals surface area contributed by atoms with Crippen LogP contribution in [0.1, 0.15) is 20.1 Å². The van der Waals surface area contributed by atoms with Gasteiger partial charge in [-0.2, -0.15) is 0 Å². The number of aliphatic hydroxyl groups is 2. The topological polar surface area (TPSA) is 151 Å². The first-order valence-electron chi connectivity index (χ1n) is 6.91. The van der Waals surface area contributed by atoms with Crippen molar-refractivity contribution >= 4 is 17.1 Å². The van der Waals surface area contributed by atoms with Crippen molar-refractivity contribution in [3.63, 3.8) is 0 Å². The molecule has 4 atom stereocenters. The number of hydrogen-bond acceptors (Lipinski definition) is 7. The van der Waals surface area contributed by atoms with E-state index in [2.05, 4.69) is 15.0 Å². The van der Waals surface area contributed by atoms with E-state index >= 15 is 0 Å². The van der Waals surface area contributed by atoms with Gasteiger partial charge in [-0.15, -0.1) is 0 Å². The molecule has 23 heavy (non-hydrogen) atoms. The summed E-state index contributed by atoms with van der Waals surface area (Å²) in [5.41, 5.74) is -5.23. The number of hydrogen-bond donors (Lipinski definition) is 4. The molecule has 2 aromatic heterocycles. The fourth-order valence-corrected chi connectivity index (χ4v) is 3.79. The van der Waals surface area contributed by atoms with Crippen LogP contribution in [0.4, 0.5) is 0 Å². The largest absolute Gasteiger partial charge is 0.479 e. The average Bonchev–Trinajstić information content (AvgIpc) is 2.86. The number of ether oxygens (including phenoxy) is 1. The Hall–Kier alpha value is -2.30. The smallest absolute Gasteiger partial charge is 0.336 e. The molecule has 4 N–H and O–H groups in total. The van der Waals surface area contributed by atoms with Gasteiger partial charge in [0.2, 0.25) is 0 Å². The van der Waals surface area contributed by atoms with E-state index in [9.17, 15) is 24.9 Å². The summed E-state index contributed by atoms with van der Waals surface area (Å²) in [7, 11) is 0. The lowest BCUT2D eigenvalue weighted by Crippen LogP contribution is -2.39. The lowest BCUT2D eigenvalue weighted by Gasteiger charge is -2.26. The molecule has 0 radical (unpaired) electrons. The average molecular weight is 322 g/mol. The van der Waals surface area contributed by atoms with Gasteiger partial charge in [0, 0.05) is 5.41 Å². The number of rotatable bonds is 2. The Morgan fingerprint density at radius 2 is 2.04 bits per heavy atom. The zero-order chi connectivity index (χ0) is 16.8. The molecule has 2 aromatic rings. The van der Waals surface area contributed by atoms with Crippen molar-refractivity contribution in [3.05, 3.63) is 23.0 Å². The lowest BCUT2D eigenvalue weighted by atomic mass is 10.0. The third-order valence-corrected chi connectivity index (χ3v) is 5.27. The van der Waals surface area contributed by atoms with Gasteiger partial charge >= 0.3 is 5.97 Å². The molecule has 1 aliphatic heterocycles. The summed E-state index contributed by atoms with van der Waals surface area (Å²) in [4.78, 5) is 33.4. The first kappa shape index (κ1) is 14.3. The first-order chi connectivity index (χ1) is 10.7. The maximum absolute atomic E-state index is 11.7. The maximum Gasteiger partial charge on any atom is 0.336 e. The van der Waals surface area contributed by atoms with Crippen LogP contribution >= 0.6 is 0 Å². The van der Waals surface area contributed by atoms with Gasteiger partial charge in [0.1, 0.15) is 5.60 Å². The number of H-pyrrole nitrogens is 1. The molecular formula is C13H14N4O6. The van der Waals surface area contributed by atoms with E-state index in [1.165, 1.54) is 17.2 Å². The van der Waals surface area contributed by atoms with Crippen LogP contribution in [-0.4, -0.2) is 58.1 Å². The standard InChI is InChI=1S/C13H14N4O6/c1-11(2)12(21)6(9(19)20)23-10(13(11,12)22)17-4-16-5-7(17)14-3-15-8(5)18/h3-4,6,10,21-22H,1-2H3,(H,19,20)(H,14,15,18)/t6-,10-,12+,13-/m1/s1. The zero-order valence-electron chi connectivity index (χ0n) is 12.2. The number of carboxylic acid groups (broad SMARTS) is 1. The van der Waals surface area contributed by atoms with Crippen molar-refractivity contribution in [1.82, 2.24) is 19.5 Å². The molecule has 122 valence electrons. The third-order valence-electron chi connectivity index (χ3n) is 5.27. The third kappa shape index (κ3) is 1.27. The van der Waals surface area contributed by atoms with E-state index in [-0.39, 0.29) is 11.2 Å². The molecule has 2 aliphatic rings. The van der Waals surface area contributed by atoms with E-state index in [0.717, 1.165) is 0 Å². The van der Waals surface area contributed by atoms with Crippen LogP contribution in [0.3, 0.4) is 0 Å². The Morgan fingerprint density at radius 1 is 1.35 bits per heavy atom. The van der Waals surface area contributed by atoms with Gasteiger partial charge in [0.15, 0.2) is 29.1 Å². The SMILES string of the molecule is CC1(C)[C@]2(O)[C@H](n3cnc4c(=O)[nH]cnc43)O[C@H](C(=O)O)[C@]12O. The number of carboxylic acids is 1. The van der Waals surface area contributed by atoms with E-state index in [1.807, 2.05) is 0 Å². The highest BCUT2D eigenvalue weighted by molar-refractivity contribution is 5.78. The van der Waals surface area contributed by atoms with E-state index in [4.69, 9.17) is 4.74 Å². The van der Waals surface area contributed by atoms with E-state index < -0.39 is 40.5 Å². The maximum atomic E-state index is 11.7. The van der Waals surface area contributed by atoms with Gasteiger partial charge in [-0.1, -0.05) is 13.8 Å². The summed E-state index contributed by atoms with van der Waals surface area (Å²) in [6.45, 7) is 3.11. The predicted octanol–water partition coefficient (Wildman–Crippen LogP) is -1.40. The number of aromatic nitrogens is 4. The van der Waals surface area contributed by atoms with Crippen molar-refractivity contribution in [1.29, 1.82) is 0 Å². The Bertz CT molecular complexity index is 903.